The number of fused-ring (bicyclic) bond motifs is 2. The molecule has 0 aliphatic carbocycles. The number of benzene rings is 4. The van der Waals surface area contributed by atoms with E-state index in [1.165, 1.54) is 30.3 Å². The Hall–Kier alpha value is -5.21. The number of unbranched alkanes of at least 4 members (excludes halogenated alkanes) is 2. The zero-order chi connectivity index (χ0) is 39.1. The average Bonchev–Trinajstić information content (AvgIpc) is 3.63. The number of carbonyl (C=O) groups is 3. The average molecular weight is 766 g/mol. The fourth-order valence-corrected chi connectivity index (χ4v) is 7.94. The molecule has 0 fully saturated rings. The normalized spacial score (nSPS) is 14.1. The second kappa shape index (κ2) is 17.5. The van der Waals surface area contributed by atoms with Crippen LogP contribution in [0.25, 0.3) is 22.2 Å². The highest BCUT2D eigenvalue weighted by atomic mass is 32.2. The van der Waals surface area contributed by atoms with Gasteiger partial charge in [0.2, 0.25) is 0 Å². The third-order valence-corrected chi connectivity index (χ3v) is 11.3. The summed E-state index contributed by atoms with van der Waals surface area (Å²) in [5, 5.41) is 24.8. The summed E-state index contributed by atoms with van der Waals surface area (Å²) in [6.45, 7) is 5.37. The van der Waals surface area contributed by atoms with E-state index in [0.717, 1.165) is 42.2 Å². The predicted molar refractivity (Wildman–Crippen MR) is 210 cm³/mol. The Balaban J connectivity index is 1.44. The maximum Gasteiger partial charge on any atom is 0.274 e. The van der Waals surface area contributed by atoms with Gasteiger partial charge >= 0.3 is 0 Å². The van der Waals surface area contributed by atoms with Gasteiger partial charge in [0.25, 0.3) is 21.8 Å². The molecule has 12 nitrogen and oxygen atoms in total. The van der Waals surface area contributed by atoms with Crippen LogP contribution in [-0.4, -0.2) is 83.0 Å². The summed E-state index contributed by atoms with van der Waals surface area (Å²) in [6.07, 6.45) is 5.43. The summed E-state index contributed by atoms with van der Waals surface area (Å²) in [4.78, 5) is 48.8. The van der Waals surface area contributed by atoms with Crippen molar-refractivity contribution in [1.82, 2.24) is 24.5 Å². The van der Waals surface area contributed by atoms with Crippen LogP contribution < -0.4 is 10.0 Å². The van der Waals surface area contributed by atoms with Crippen molar-refractivity contribution in [3.8, 4) is 11.4 Å². The lowest BCUT2D eigenvalue weighted by Gasteiger charge is -2.26. The molecular weight excluding hydrogens is 719 g/mol. The van der Waals surface area contributed by atoms with Gasteiger partial charge < -0.3 is 25.0 Å². The molecule has 0 bridgehead atoms. The number of hydrogen-bond donors (Lipinski definition) is 4. The van der Waals surface area contributed by atoms with E-state index in [1.54, 1.807) is 46.0 Å². The van der Waals surface area contributed by atoms with Crippen molar-refractivity contribution < 1.29 is 33.0 Å². The number of aliphatic hydroxyl groups excluding tert-OH is 2. The lowest BCUT2D eigenvalue weighted by atomic mass is 9.86. The largest absolute Gasteiger partial charge is 0.395 e. The van der Waals surface area contributed by atoms with E-state index in [9.17, 15) is 33.0 Å². The number of aromatic nitrogens is 2. The van der Waals surface area contributed by atoms with Crippen LogP contribution in [0.3, 0.4) is 0 Å². The molecule has 13 heteroatoms. The van der Waals surface area contributed by atoms with Crippen molar-refractivity contribution in [3.05, 3.63) is 119 Å². The molecule has 4 N–H and O–H groups in total. The molecule has 1 aromatic heterocycles. The maximum absolute atomic E-state index is 14.8. The van der Waals surface area contributed by atoms with Gasteiger partial charge in [-0.15, -0.1) is 0 Å². The Labute approximate surface area is 321 Å². The number of aliphatic hydroxyl groups is 2. The first kappa shape index (κ1) is 39.5. The van der Waals surface area contributed by atoms with Crippen molar-refractivity contribution in [2.75, 3.05) is 26.3 Å². The molecule has 0 spiro atoms. The molecule has 0 radical (unpaired) electrons. The molecule has 1 atom stereocenters. The Bertz CT molecular complexity index is 2310. The molecule has 288 valence electrons. The monoisotopic (exact) mass is 765 g/mol. The van der Waals surface area contributed by atoms with Gasteiger partial charge in [-0.2, -0.15) is 0 Å². The summed E-state index contributed by atoms with van der Waals surface area (Å²) in [7, 11) is -4.31. The molecule has 4 aromatic carbocycles. The van der Waals surface area contributed by atoms with Crippen LogP contribution in [0.4, 0.5) is 0 Å². The molecule has 1 unspecified atom stereocenters. The van der Waals surface area contributed by atoms with Gasteiger partial charge in [0.05, 0.1) is 18.1 Å². The zero-order valence-electron chi connectivity index (χ0n) is 31.1. The summed E-state index contributed by atoms with van der Waals surface area (Å²) < 4.78 is 30.7. The topological polar surface area (TPSA) is 171 Å². The van der Waals surface area contributed by atoms with Crippen LogP contribution in [0.2, 0.25) is 0 Å². The lowest BCUT2D eigenvalue weighted by Crippen LogP contribution is -2.39. The van der Waals surface area contributed by atoms with Gasteiger partial charge in [0.1, 0.15) is 11.5 Å². The minimum Gasteiger partial charge on any atom is -0.395 e. The number of ketones is 1. The van der Waals surface area contributed by atoms with Gasteiger partial charge in [-0.1, -0.05) is 75.2 Å². The van der Waals surface area contributed by atoms with E-state index in [-0.39, 0.29) is 59.2 Å². The summed E-state index contributed by atoms with van der Waals surface area (Å²) in [5.74, 6) is -1.41. The van der Waals surface area contributed by atoms with Crippen LogP contribution in [0.15, 0.2) is 90.0 Å². The van der Waals surface area contributed by atoms with Gasteiger partial charge in [-0.25, -0.2) is 18.1 Å². The minimum atomic E-state index is -4.31. The molecule has 2 amide bonds. The van der Waals surface area contributed by atoms with Gasteiger partial charge in [-0.05, 0) is 71.5 Å². The predicted octanol–water partition coefficient (Wildman–Crippen LogP) is 5.09. The quantitative estimate of drug-likeness (QED) is 0.0999. The van der Waals surface area contributed by atoms with E-state index in [1.807, 2.05) is 18.2 Å². The highest BCUT2D eigenvalue weighted by Crippen LogP contribution is 2.31. The van der Waals surface area contributed by atoms with Crippen molar-refractivity contribution >= 4 is 38.4 Å². The number of carbonyl (C=O) groups excluding carboxylic acids is 3. The number of amides is 2. The number of hydrogen-bond acceptors (Lipinski definition) is 9. The Kier molecular flexibility index (Phi) is 12.6. The third-order valence-electron chi connectivity index (χ3n) is 9.98. The van der Waals surface area contributed by atoms with Crippen LogP contribution in [0.1, 0.15) is 87.4 Å². The fraction of sp³-hybridized carbons (Fsp3) is 0.333. The molecule has 5 aromatic rings. The molecule has 6 rings (SSSR count). The van der Waals surface area contributed by atoms with E-state index in [2.05, 4.69) is 23.9 Å². The fourth-order valence-electron chi connectivity index (χ4n) is 6.93. The molecule has 1 aliphatic heterocycles. The second-order valence-corrected chi connectivity index (χ2v) is 15.5. The van der Waals surface area contributed by atoms with E-state index < -0.39 is 21.7 Å². The smallest absolute Gasteiger partial charge is 0.274 e. The maximum atomic E-state index is 14.8. The van der Waals surface area contributed by atoms with Crippen molar-refractivity contribution in [2.24, 2.45) is 0 Å². The SMILES string of the molecule is CCCCN(CCCC)C(=O)c1cn(CCO)c(-c2ccc(C(=O)NS(=O)(=O)c3ccc4ccccc4c3)cc2C(=O)c2cccc3c2CC(CO)NC3)n1. The highest BCUT2D eigenvalue weighted by Gasteiger charge is 2.29. The molecule has 2 heterocycles. The third kappa shape index (κ3) is 8.70. The van der Waals surface area contributed by atoms with Crippen LogP contribution in [0.5, 0.6) is 0 Å². The second-order valence-electron chi connectivity index (χ2n) is 13.8. The van der Waals surface area contributed by atoms with Crippen molar-refractivity contribution in [1.29, 1.82) is 0 Å². The van der Waals surface area contributed by atoms with E-state index in [4.69, 9.17) is 4.98 Å². The highest BCUT2D eigenvalue weighted by molar-refractivity contribution is 7.90. The first-order valence-corrected chi connectivity index (χ1v) is 20.2. The van der Waals surface area contributed by atoms with E-state index in [0.29, 0.717) is 42.6 Å². The Morgan fingerprint density at radius 3 is 2.36 bits per heavy atom. The van der Waals surface area contributed by atoms with Crippen molar-refractivity contribution in [3.63, 3.8) is 0 Å². The summed E-state index contributed by atoms with van der Waals surface area (Å²) in [5.41, 5.74) is 2.43. The zero-order valence-corrected chi connectivity index (χ0v) is 31.9. The minimum absolute atomic E-state index is 0.0563. The lowest BCUT2D eigenvalue weighted by molar-refractivity contribution is 0.0745. The molecule has 0 saturated carbocycles. The number of nitrogens with zero attached hydrogens (tertiary/aromatic N) is 3. The van der Waals surface area contributed by atoms with Gasteiger partial charge in [0.15, 0.2) is 5.78 Å². The van der Waals surface area contributed by atoms with Gasteiger partial charge in [-0.3, -0.25) is 14.4 Å². The number of nitrogens with one attached hydrogen (secondary N) is 2. The first-order chi connectivity index (χ1) is 26.6. The van der Waals surface area contributed by atoms with Crippen molar-refractivity contribution in [2.45, 2.75) is 70.0 Å². The molecule has 1 aliphatic rings. The molecular formula is C42H47N5O7S. The first-order valence-electron chi connectivity index (χ1n) is 18.8. The Morgan fingerprint density at radius 1 is 0.909 bits per heavy atom. The summed E-state index contributed by atoms with van der Waals surface area (Å²) in [6, 6.07) is 21.2. The van der Waals surface area contributed by atoms with Crippen LogP contribution >= 0.6 is 0 Å². The Morgan fingerprint density at radius 2 is 1.65 bits per heavy atom. The van der Waals surface area contributed by atoms with Gasteiger partial charge in [0, 0.05) is 60.7 Å². The number of imidazole rings is 1. The summed E-state index contributed by atoms with van der Waals surface area (Å²) >= 11 is 0. The number of rotatable bonds is 16. The molecule has 55 heavy (non-hydrogen) atoms. The van der Waals surface area contributed by atoms with Crippen LogP contribution in [0, 0.1) is 0 Å². The standard InChI is InChI=1S/C42H47N5O7S/c1-3-5-18-46(19-6-4-2)42(52)38-26-47(20-21-48)40(44-38)35-17-15-30(41(51)45-55(53,54)33-16-14-28-10-7-8-11-29(28)22-33)23-37(35)39(50)34-13-9-12-31-25-43-32(27-49)24-36(31)34/h7-17,22-23,26,32,43,48-49H,3-6,18-21,24-25,27H2,1-2H3,(H,45,51). The van der Waals surface area contributed by atoms with Crippen LogP contribution in [-0.2, 0) is 29.5 Å². The number of sulfonamides is 1. The molecule has 0 saturated heterocycles. The van der Waals surface area contributed by atoms with E-state index >= 15 is 0 Å².